The molecule has 1 aliphatic rings. The topological polar surface area (TPSA) is 65.5 Å². The predicted octanol–water partition coefficient (Wildman–Crippen LogP) is 2.40. The zero-order chi connectivity index (χ0) is 15.2. The lowest BCUT2D eigenvalue weighted by atomic mass is 9.98. The van der Waals surface area contributed by atoms with Crippen molar-refractivity contribution >= 4 is 23.3 Å². The Balaban J connectivity index is 2.07. The number of carbonyl (C=O) groups is 1. The van der Waals surface area contributed by atoms with Crippen molar-refractivity contribution in [2.24, 2.45) is 5.92 Å². The van der Waals surface area contributed by atoms with Crippen LogP contribution in [0.25, 0.3) is 0 Å². The van der Waals surface area contributed by atoms with E-state index in [1.54, 1.807) is 17.2 Å². The van der Waals surface area contributed by atoms with Crippen LogP contribution in [0.3, 0.4) is 0 Å². The first-order valence-electron chi connectivity index (χ1n) is 7.45. The van der Waals surface area contributed by atoms with Crippen LogP contribution >= 0.6 is 11.6 Å². The summed E-state index contributed by atoms with van der Waals surface area (Å²) < 4.78 is 0. The van der Waals surface area contributed by atoms with Gasteiger partial charge in [0.2, 0.25) is 0 Å². The largest absolute Gasteiger partial charge is 0.396 e. The normalized spacial score (nSPS) is 18.6. The average molecular weight is 312 g/mol. The molecule has 1 amide bonds. The second kappa shape index (κ2) is 7.61. The molecule has 2 heterocycles. The molecule has 1 unspecified atom stereocenters. The SMILES string of the molecule is CCCNc1ncc(C(=O)N2CCCC(CO)C2)cc1Cl. The smallest absolute Gasteiger partial charge is 0.255 e. The summed E-state index contributed by atoms with van der Waals surface area (Å²) >= 11 is 6.17. The molecule has 21 heavy (non-hydrogen) atoms. The van der Waals surface area contributed by atoms with Gasteiger partial charge in [0.05, 0.1) is 10.6 Å². The van der Waals surface area contributed by atoms with Gasteiger partial charge in [0.15, 0.2) is 0 Å². The molecular weight excluding hydrogens is 290 g/mol. The molecular formula is C15H22ClN3O2. The standard InChI is InChI=1S/C15H22ClN3O2/c1-2-5-17-14-13(16)7-12(8-18-14)15(21)19-6-3-4-11(9-19)10-20/h7-8,11,20H,2-6,9-10H2,1H3,(H,17,18). The van der Waals surface area contributed by atoms with Crippen LogP contribution in [0, 0.1) is 5.92 Å². The zero-order valence-corrected chi connectivity index (χ0v) is 13.1. The van der Waals surface area contributed by atoms with E-state index in [0.717, 1.165) is 32.4 Å². The Bertz CT molecular complexity index is 496. The van der Waals surface area contributed by atoms with Crippen LogP contribution in [0.5, 0.6) is 0 Å². The molecule has 1 atom stereocenters. The molecule has 0 aliphatic carbocycles. The minimum Gasteiger partial charge on any atom is -0.396 e. The quantitative estimate of drug-likeness (QED) is 0.876. The predicted molar refractivity (Wildman–Crippen MR) is 83.7 cm³/mol. The first kappa shape index (κ1) is 16.0. The highest BCUT2D eigenvalue weighted by Crippen LogP contribution is 2.23. The van der Waals surface area contributed by atoms with E-state index in [0.29, 0.717) is 22.9 Å². The number of carbonyl (C=O) groups excluding carboxylic acids is 1. The average Bonchev–Trinajstić information content (AvgIpc) is 2.53. The van der Waals surface area contributed by atoms with Gasteiger partial charge in [0.25, 0.3) is 5.91 Å². The van der Waals surface area contributed by atoms with Gasteiger partial charge >= 0.3 is 0 Å². The van der Waals surface area contributed by atoms with Crippen molar-refractivity contribution in [2.45, 2.75) is 26.2 Å². The minimum atomic E-state index is -0.0652. The lowest BCUT2D eigenvalue weighted by Crippen LogP contribution is -2.41. The van der Waals surface area contributed by atoms with Crippen molar-refractivity contribution < 1.29 is 9.90 Å². The molecule has 1 aromatic rings. The zero-order valence-electron chi connectivity index (χ0n) is 12.3. The molecule has 0 saturated carbocycles. The lowest BCUT2D eigenvalue weighted by Gasteiger charge is -2.31. The van der Waals surface area contributed by atoms with Crippen LogP contribution in [-0.2, 0) is 0 Å². The van der Waals surface area contributed by atoms with E-state index in [2.05, 4.69) is 17.2 Å². The number of likely N-dealkylation sites (tertiary alicyclic amines) is 1. The highest BCUT2D eigenvalue weighted by atomic mass is 35.5. The highest BCUT2D eigenvalue weighted by molar-refractivity contribution is 6.33. The highest BCUT2D eigenvalue weighted by Gasteiger charge is 2.24. The van der Waals surface area contributed by atoms with Gasteiger partial charge in [-0.1, -0.05) is 18.5 Å². The summed E-state index contributed by atoms with van der Waals surface area (Å²) in [6, 6.07) is 1.66. The maximum Gasteiger partial charge on any atom is 0.255 e. The number of nitrogens with one attached hydrogen (secondary N) is 1. The summed E-state index contributed by atoms with van der Waals surface area (Å²) in [4.78, 5) is 18.5. The number of piperidine rings is 1. The van der Waals surface area contributed by atoms with Crippen molar-refractivity contribution in [2.75, 3.05) is 31.6 Å². The van der Waals surface area contributed by atoms with Crippen molar-refractivity contribution in [3.05, 3.63) is 22.8 Å². The van der Waals surface area contributed by atoms with Gasteiger partial charge in [-0.3, -0.25) is 4.79 Å². The van der Waals surface area contributed by atoms with Crippen molar-refractivity contribution in [1.29, 1.82) is 0 Å². The van der Waals surface area contributed by atoms with E-state index in [1.165, 1.54) is 0 Å². The van der Waals surface area contributed by atoms with E-state index in [4.69, 9.17) is 11.6 Å². The molecule has 2 N–H and O–H groups in total. The Morgan fingerprint density at radius 2 is 2.43 bits per heavy atom. The third-order valence-corrected chi connectivity index (χ3v) is 3.98. The van der Waals surface area contributed by atoms with E-state index in [-0.39, 0.29) is 18.4 Å². The molecule has 5 nitrogen and oxygen atoms in total. The Hall–Kier alpha value is -1.33. The van der Waals surface area contributed by atoms with E-state index in [1.807, 2.05) is 0 Å². The molecule has 1 aliphatic heterocycles. The number of halogens is 1. The molecule has 1 fully saturated rings. The molecule has 2 rings (SSSR count). The molecule has 1 aromatic heterocycles. The molecule has 0 aromatic carbocycles. The second-order valence-electron chi connectivity index (χ2n) is 5.42. The Morgan fingerprint density at radius 3 is 3.10 bits per heavy atom. The summed E-state index contributed by atoms with van der Waals surface area (Å²) in [6.45, 7) is 4.31. The van der Waals surface area contributed by atoms with E-state index < -0.39 is 0 Å². The summed E-state index contributed by atoms with van der Waals surface area (Å²) in [7, 11) is 0. The van der Waals surface area contributed by atoms with Crippen LogP contribution in [-0.4, -0.2) is 47.1 Å². The molecule has 6 heteroatoms. The third kappa shape index (κ3) is 4.08. The molecule has 1 saturated heterocycles. The minimum absolute atomic E-state index is 0.0652. The van der Waals surface area contributed by atoms with Crippen molar-refractivity contribution in [3.63, 3.8) is 0 Å². The number of aromatic nitrogens is 1. The van der Waals surface area contributed by atoms with Crippen molar-refractivity contribution in [3.8, 4) is 0 Å². The van der Waals surface area contributed by atoms with Crippen LogP contribution in [0.4, 0.5) is 5.82 Å². The van der Waals surface area contributed by atoms with E-state index >= 15 is 0 Å². The molecule has 0 spiro atoms. The summed E-state index contributed by atoms with van der Waals surface area (Å²) in [5.41, 5.74) is 0.501. The van der Waals surface area contributed by atoms with Gasteiger partial charge in [0.1, 0.15) is 5.82 Å². The van der Waals surface area contributed by atoms with Gasteiger partial charge in [-0.25, -0.2) is 4.98 Å². The van der Waals surface area contributed by atoms with E-state index in [9.17, 15) is 9.90 Å². The molecule has 0 radical (unpaired) electrons. The van der Waals surface area contributed by atoms with Gasteiger partial charge in [0, 0.05) is 32.4 Å². The monoisotopic (exact) mass is 311 g/mol. The Kier molecular flexibility index (Phi) is 5.82. The number of aliphatic hydroxyl groups is 1. The number of rotatable bonds is 5. The fourth-order valence-corrected chi connectivity index (χ4v) is 2.74. The number of nitrogens with zero attached hydrogens (tertiary/aromatic N) is 2. The van der Waals surface area contributed by atoms with Crippen LogP contribution in [0.15, 0.2) is 12.3 Å². The Labute approximate surface area is 130 Å². The first-order valence-corrected chi connectivity index (χ1v) is 7.83. The second-order valence-corrected chi connectivity index (χ2v) is 5.83. The summed E-state index contributed by atoms with van der Waals surface area (Å²) in [5, 5.41) is 12.8. The third-order valence-electron chi connectivity index (χ3n) is 3.69. The van der Waals surface area contributed by atoms with Gasteiger partial charge < -0.3 is 15.3 Å². The number of pyridine rings is 1. The van der Waals surface area contributed by atoms with Gasteiger partial charge in [-0.05, 0) is 31.2 Å². The lowest BCUT2D eigenvalue weighted by molar-refractivity contribution is 0.0620. The summed E-state index contributed by atoms with van der Waals surface area (Å²) in [5.74, 6) is 0.725. The molecule has 116 valence electrons. The van der Waals surface area contributed by atoms with Gasteiger partial charge in [-0.15, -0.1) is 0 Å². The summed E-state index contributed by atoms with van der Waals surface area (Å²) in [6.07, 6.45) is 4.44. The number of hydrogen-bond acceptors (Lipinski definition) is 4. The van der Waals surface area contributed by atoms with Gasteiger partial charge in [-0.2, -0.15) is 0 Å². The van der Waals surface area contributed by atoms with Crippen LogP contribution < -0.4 is 5.32 Å². The fourth-order valence-electron chi connectivity index (χ4n) is 2.51. The number of amides is 1. The fraction of sp³-hybridized carbons (Fsp3) is 0.600. The maximum atomic E-state index is 12.5. The number of hydrogen-bond donors (Lipinski definition) is 2. The first-order chi connectivity index (χ1) is 10.2. The maximum absolute atomic E-state index is 12.5. The Morgan fingerprint density at radius 1 is 1.62 bits per heavy atom. The van der Waals surface area contributed by atoms with Crippen LogP contribution in [0.1, 0.15) is 36.5 Å². The molecule has 0 bridgehead atoms. The number of aliphatic hydroxyl groups excluding tert-OH is 1. The van der Waals surface area contributed by atoms with Crippen LogP contribution in [0.2, 0.25) is 5.02 Å². The number of anilines is 1. The van der Waals surface area contributed by atoms with Crippen molar-refractivity contribution in [1.82, 2.24) is 9.88 Å².